The second kappa shape index (κ2) is 9.72. The summed E-state index contributed by atoms with van der Waals surface area (Å²) in [5, 5.41) is 16.2. The summed E-state index contributed by atoms with van der Waals surface area (Å²) < 4.78 is 0. The number of hydrazine groups is 1. The Morgan fingerprint density at radius 2 is 1.79 bits per heavy atom. The molecule has 28 heavy (non-hydrogen) atoms. The first-order chi connectivity index (χ1) is 13.4. The van der Waals surface area contributed by atoms with E-state index in [9.17, 15) is 19.5 Å². The zero-order valence-electron chi connectivity index (χ0n) is 15.2. The van der Waals surface area contributed by atoms with Gasteiger partial charge in [0.15, 0.2) is 0 Å². The van der Waals surface area contributed by atoms with Crippen LogP contribution in [0, 0.1) is 0 Å². The molecule has 0 bridgehead atoms. The SMILES string of the molecule is CC(=O)N(NC(=O)Nc1ccc(C=NN)cc1)C(CC(=O)O)c1ccccc1. The van der Waals surface area contributed by atoms with Crippen LogP contribution in [0.1, 0.15) is 30.5 Å². The third-order valence-corrected chi connectivity index (χ3v) is 3.82. The number of hydrogen-bond donors (Lipinski definition) is 4. The van der Waals surface area contributed by atoms with Crippen LogP contribution in [0.2, 0.25) is 0 Å². The molecule has 1 atom stereocenters. The molecule has 2 aromatic carbocycles. The Morgan fingerprint density at radius 1 is 1.14 bits per heavy atom. The van der Waals surface area contributed by atoms with Crippen molar-refractivity contribution in [2.75, 3.05) is 5.32 Å². The van der Waals surface area contributed by atoms with Gasteiger partial charge in [-0.25, -0.2) is 15.2 Å². The van der Waals surface area contributed by atoms with Crippen LogP contribution < -0.4 is 16.6 Å². The fraction of sp³-hybridized carbons (Fsp3) is 0.158. The maximum Gasteiger partial charge on any atom is 0.338 e. The van der Waals surface area contributed by atoms with E-state index in [0.717, 1.165) is 10.6 Å². The molecule has 2 rings (SSSR count). The number of urea groups is 1. The average Bonchev–Trinajstić information content (AvgIpc) is 2.66. The summed E-state index contributed by atoms with van der Waals surface area (Å²) in [5.74, 6) is 3.49. The van der Waals surface area contributed by atoms with Crippen molar-refractivity contribution in [2.45, 2.75) is 19.4 Å². The summed E-state index contributed by atoms with van der Waals surface area (Å²) in [6.07, 6.45) is 1.09. The summed E-state index contributed by atoms with van der Waals surface area (Å²) >= 11 is 0. The molecule has 2 aromatic rings. The van der Waals surface area contributed by atoms with E-state index >= 15 is 0 Å². The maximum atomic E-state index is 12.3. The highest BCUT2D eigenvalue weighted by Gasteiger charge is 2.27. The summed E-state index contributed by atoms with van der Waals surface area (Å²) in [6.45, 7) is 1.25. The molecule has 0 saturated carbocycles. The van der Waals surface area contributed by atoms with E-state index in [4.69, 9.17) is 5.84 Å². The van der Waals surface area contributed by atoms with Crippen LogP contribution >= 0.6 is 0 Å². The van der Waals surface area contributed by atoms with E-state index in [1.54, 1.807) is 54.6 Å². The van der Waals surface area contributed by atoms with Crippen LogP contribution in [0.15, 0.2) is 59.7 Å². The van der Waals surface area contributed by atoms with Crippen LogP contribution in [0.25, 0.3) is 0 Å². The van der Waals surface area contributed by atoms with Crippen LogP contribution in [0.4, 0.5) is 10.5 Å². The van der Waals surface area contributed by atoms with E-state index in [-0.39, 0.29) is 6.42 Å². The van der Waals surface area contributed by atoms with Gasteiger partial charge in [-0.3, -0.25) is 9.59 Å². The highest BCUT2D eigenvalue weighted by Crippen LogP contribution is 2.23. The molecular formula is C19H21N5O4. The summed E-state index contributed by atoms with van der Waals surface area (Å²) in [6, 6.07) is 13.8. The number of anilines is 1. The van der Waals surface area contributed by atoms with Crippen LogP contribution in [0.3, 0.4) is 0 Å². The average molecular weight is 383 g/mol. The molecule has 9 nitrogen and oxygen atoms in total. The van der Waals surface area contributed by atoms with Crippen molar-refractivity contribution in [3.63, 3.8) is 0 Å². The van der Waals surface area contributed by atoms with Crippen molar-refractivity contribution in [2.24, 2.45) is 10.9 Å². The Balaban J connectivity index is 2.16. The second-order valence-electron chi connectivity index (χ2n) is 5.88. The number of rotatable bonds is 6. The molecule has 1 unspecified atom stereocenters. The molecule has 0 aliphatic carbocycles. The normalized spacial score (nSPS) is 11.6. The zero-order valence-corrected chi connectivity index (χ0v) is 15.2. The van der Waals surface area contributed by atoms with Crippen molar-refractivity contribution in [3.8, 4) is 0 Å². The standard InChI is InChI=1S/C19H21N5O4/c1-13(25)24(17(11-18(26)27)15-5-3-2-4-6-15)23-19(28)22-16-9-7-14(8-10-16)12-21-20/h2-10,12,17H,11,20H2,1H3,(H,26,27)(H2,22,23,28). The number of hydrogen-bond acceptors (Lipinski definition) is 5. The number of nitrogens with zero attached hydrogens (tertiary/aromatic N) is 2. The molecule has 0 aromatic heterocycles. The lowest BCUT2D eigenvalue weighted by molar-refractivity contribution is -0.141. The molecule has 0 radical (unpaired) electrons. The van der Waals surface area contributed by atoms with Gasteiger partial charge in [0.2, 0.25) is 5.91 Å². The summed E-state index contributed by atoms with van der Waals surface area (Å²) in [5.41, 5.74) is 4.25. The molecule has 0 aliphatic heterocycles. The smallest absolute Gasteiger partial charge is 0.338 e. The van der Waals surface area contributed by atoms with Gasteiger partial charge in [0.25, 0.3) is 0 Å². The van der Waals surface area contributed by atoms with E-state index in [1.807, 2.05) is 0 Å². The number of carboxylic acid groups (broad SMARTS) is 1. The third-order valence-electron chi connectivity index (χ3n) is 3.82. The van der Waals surface area contributed by atoms with E-state index in [1.165, 1.54) is 13.1 Å². The molecule has 0 saturated heterocycles. The molecule has 3 amide bonds. The summed E-state index contributed by atoms with van der Waals surface area (Å²) in [7, 11) is 0. The Hall–Kier alpha value is -3.88. The van der Waals surface area contributed by atoms with E-state index in [0.29, 0.717) is 11.3 Å². The maximum absolute atomic E-state index is 12.3. The number of benzene rings is 2. The highest BCUT2D eigenvalue weighted by molar-refractivity contribution is 5.91. The molecule has 146 valence electrons. The van der Waals surface area contributed by atoms with Crippen molar-refractivity contribution >= 4 is 29.8 Å². The van der Waals surface area contributed by atoms with Gasteiger partial charge >= 0.3 is 12.0 Å². The van der Waals surface area contributed by atoms with E-state index < -0.39 is 23.9 Å². The number of carboxylic acids is 1. The van der Waals surface area contributed by atoms with Gasteiger partial charge in [0.1, 0.15) is 0 Å². The molecular weight excluding hydrogens is 362 g/mol. The number of hydrazone groups is 1. The van der Waals surface area contributed by atoms with Crippen LogP contribution in [0.5, 0.6) is 0 Å². The number of carbonyl (C=O) groups excluding carboxylic acids is 2. The lowest BCUT2D eigenvalue weighted by Crippen LogP contribution is -2.49. The number of amides is 3. The van der Waals surface area contributed by atoms with Gasteiger partial charge in [0.05, 0.1) is 18.7 Å². The van der Waals surface area contributed by atoms with Crippen molar-refractivity contribution < 1.29 is 19.5 Å². The highest BCUT2D eigenvalue weighted by atomic mass is 16.4. The largest absolute Gasteiger partial charge is 0.481 e. The predicted octanol–water partition coefficient (Wildman–Crippen LogP) is 2.08. The van der Waals surface area contributed by atoms with Gasteiger partial charge in [-0.1, -0.05) is 42.5 Å². The van der Waals surface area contributed by atoms with Crippen molar-refractivity contribution in [1.82, 2.24) is 10.4 Å². The minimum absolute atomic E-state index is 0.364. The van der Waals surface area contributed by atoms with Crippen LogP contribution in [-0.2, 0) is 9.59 Å². The van der Waals surface area contributed by atoms with Crippen molar-refractivity contribution in [3.05, 3.63) is 65.7 Å². The molecule has 0 heterocycles. The minimum atomic E-state index is -1.10. The number of carbonyl (C=O) groups is 3. The van der Waals surface area contributed by atoms with Gasteiger partial charge in [-0.15, -0.1) is 0 Å². The predicted molar refractivity (Wildman–Crippen MR) is 104 cm³/mol. The first-order valence-electron chi connectivity index (χ1n) is 8.38. The Kier molecular flexibility index (Phi) is 7.09. The Bertz CT molecular complexity index is 852. The van der Waals surface area contributed by atoms with E-state index in [2.05, 4.69) is 15.8 Å². The number of nitrogens with one attached hydrogen (secondary N) is 2. The fourth-order valence-electron chi connectivity index (χ4n) is 2.58. The van der Waals surface area contributed by atoms with Gasteiger partial charge in [-0.2, -0.15) is 5.10 Å². The third kappa shape index (κ3) is 5.84. The van der Waals surface area contributed by atoms with Crippen molar-refractivity contribution in [1.29, 1.82) is 0 Å². The monoisotopic (exact) mass is 383 g/mol. The second-order valence-corrected chi connectivity index (χ2v) is 5.88. The first-order valence-corrected chi connectivity index (χ1v) is 8.38. The molecule has 0 spiro atoms. The van der Waals surface area contributed by atoms with Gasteiger partial charge in [-0.05, 0) is 23.3 Å². The lowest BCUT2D eigenvalue weighted by Gasteiger charge is -2.30. The zero-order chi connectivity index (χ0) is 20.5. The van der Waals surface area contributed by atoms with Crippen LogP contribution in [-0.4, -0.2) is 34.2 Å². The summed E-state index contributed by atoms with van der Waals surface area (Å²) in [4.78, 5) is 35.7. The molecule has 0 fully saturated rings. The number of aliphatic carboxylic acids is 1. The molecule has 5 N–H and O–H groups in total. The Labute approximate surface area is 161 Å². The quantitative estimate of drug-likeness (QED) is 0.344. The fourth-order valence-corrected chi connectivity index (χ4v) is 2.58. The number of nitrogens with two attached hydrogens (primary N) is 1. The topological polar surface area (TPSA) is 137 Å². The van der Waals surface area contributed by atoms with Gasteiger partial charge in [0, 0.05) is 12.6 Å². The minimum Gasteiger partial charge on any atom is -0.481 e. The molecule has 9 heteroatoms. The first kappa shape index (κ1) is 20.4. The molecule has 0 aliphatic rings. The van der Waals surface area contributed by atoms with Gasteiger partial charge < -0.3 is 16.3 Å². The lowest BCUT2D eigenvalue weighted by atomic mass is 10.0. The Morgan fingerprint density at radius 3 is 2.32 bits per heavy atom.